The van der Waals surface area contributed by atoms with E-state index in [0.29, 0.717) is 12.4 Å². The zero-order valence-electron chi connectivity index (χ0n) is 13.5. The number of carbonyl (C=O) groups is 1. The molecule has 0 spiro atoms. The Kier molecular flexibility index (Phi) is 3.86. The Balaban J connectivity index is 2.17. The highest BCUT2D eigenvalue weighted by atomic mass is 16.5. The zero-order valence-corrected chi connectivity index (χ0v) is 13.5. The molecule has 4 heteroatoms. The van der Waals surface area contributed by atoms with E-state index < -0.39 is 12.1 Å². The molecule has 0 aromatic heterocycles. The van der Waals surface area contributed by atoms with Crippen LogP contribution in [0.1, 0.15) is 40.1 Å². The van der Waals surface area contributed by atoms with Crippen molar-refractivity contribution < 1.29 is 19.7 Å². The number of hydrogen-bond acceptors (Lipinski definition) is 3. The fraction of sp³-hybridized carbons (Fsp3) is 0.316. The van der Waals surface area contributed by atoms with E-state index in [9.17, 15) is 15.0 Å². The molecular formula is C19H20O4. The number of fused-ring (bicyclic) bond motifs is 1. The summed E-state index contributed by atoms with van der Waals surface area (Å²) in [6.07, 6.45) is -0.567. The fourth-order valence-electron chi connectivity index (χ4n) is 3.17. The Morgan fingerprint density at radius 1 is 1.22 bits per heavy atom. The van der Waals surface area contributed by atoms with Crippen molar-refractivity contribution in [3.8, 4) is 16.9 Å². The highest BCUT2D eigenvalue weighted by Crippen LogP contribution is 2.41. The smallest absolute Gasteiger partial charge is 0.335 e. The van der Waals surface area contributed by atoms with Gasteiger partial charge in [-0.05, 0) is 54.3 Å². The summed E-state index contributed by atoms with van der Waals surface area (Å²) in [7, 11) is 0. The topological polar surface area (TPSA) is 66.8 Å². The first-order valence-electron chi connectivity index (χ1n) is 7.68. The van der Waals surface area contributed by atoms with Crippen molar-refractivity contribution in [1.82, 2.24) is 0 Å². The van der Waals surface area contributed by atoms with Crippen LogP contribution in [-0.4, -0.2) is 22.8 Å². The van der Waals surface area contributed by atoms with Gasteiger partial charge in [0.2, 0.25) is 0 Å². The number of carboxylic acids is 1. The molecule has 4 nitrogen and oxygen atoms in total. The molecule has 0 fully saturated rings. The van der Waals surface area contributed by atoms with Crippen LogP contribution in [0, 0.1) is 19.8 Å². The molecule has 3 rings (SSSR count). The lowest BCUT2D eigenvalue weighted by molar-refractivity contribution is 0.0598. The van der Waals surface area contributed by atoms with Gasteiger partial charge in [-0.2, -0.15) is 0 Å². The summed E-state index contributed by atoms with van der Waals surface area (Å²) in [6, 6.07) is 9.07. The van der Waals surface area contributed by atoms with Crippen molar-refractivity contribution >= 4 is 5.97 Å². The summed E-state index contributed by atoms with van der Waals surface area (Å²) < 4.78 is 5.71. The van der Waals surface area contributed by atoms with Gasteiger partial charge in [0.25, 0.3) is 0 Å². The second-order valence-corrected chi connectivity index (χ2v) is 6.28. The Morgan fingerprint density at radius 3 is 2.65 bits per heavy atom. The summed E-state index contributed by atoms with van der Waals surface area (Å²) in [6.45, 7) is 6.28. The molecule has 0 saturated carbocycles. The monoisotopic (exact) mass is 312 g/mol. The van der Waals surface area contributed by atoms with Gasteiger partial charge >= 0.3 is 5.97 Å². The third-order valence-electron chi connectivity index (χ3n) is 4.45. The van der Waals surface area contributed by atoms with Crippen molar-refractivity contribution in [2.24, 2.45) is 5.92 Å². The molecular weight excluding hydrogens is 292 g/mol. The van der Waals surface area contributed by atoms with Gasteiger partial charge in [-0.3, -0.25) is 0 Å². The molecule has 1 unspecified atom stereocenters. The molecule has 1 aliphatic rings. The minimum atomic E-state index is -0.942. The van der Waals surface area contributed by atoms with Crippen molar-refractivity contribution in [2.45, 2.75) is 26.9 Å². The summed E-state index contributed by atoms with van der Waals surface area (Å²) in [4.78, 5) is 11.3. The number of carboxylic acid groups (broad SMARTS) is 1. The van der Waals surface area contributed by atoms with Crippen molar-refractivity contribution in [3.05, 3.63) is 52.6 Å². The van der Waals surface area contributed by atoms with Crippen LogP contribution in [0.3, 0.4) is 0 Å². The van der Waals surface area contributed by atoms with Crippen molar-refractivity contribution in [2.75, 3.05) is 6.61 Å². The second-order valence-electron chi connectivity index (χ2n) is 6.28. The molecule has 2 atom stereocenters. The largest absolute Gasteiger partial charge is 0.493 e. The number of aliphatic hydroxyl groups is 1. The summed E-state index contributed by atoms with van der Waals surface area (Å²) in [5.74, 6) is -0.200. The quantitative estimate of drug-likeness (QED) is 0.886. The molecule has 2 aromatic carbocycles. The summed E-state index contributed by atoms with van der Waals surface area (Å²) >= 11 is 0. The Labute approximate surface area is 135 Å². The molecule has 1 heterocycles. The number of aliphatic hydroxyl groups excluding tert-OH is 1. The Bertz CT molecular complexity index is 779. The first-order chi connectivity index (χ1) is 10.9. The predicted molar refractivity (Wildman–Crippen MR) is 87.9 cm³/mol. The van der Waals surface area contributed by atoms with E-state index >= 15 is 0 Å². The minimum Gasteiger partial charge on any atom is -0.493 e. The van der Waals surface area contributed by atoms with Gasteiger partial charge in [0.1, 0.15) is 5.75 Å². The molecule has 23 heavy (non-hydrogen) atoms. The number of ether oxygens (including phenoxy) is 1. The van der Waals surface area contributed by atoms with Crippen LogP contribution in [0.15, 0.2) is 30.3 Å². The van der Waals surface area contributed by atoms with Gasteiger partial charge in [0.15, 0.2) is 0 Å². The first-order valence-corrected chi connectivity index (χ1v) is 7.68. The van der Waals surface area contributed by atoms with Crippen LogP contribution in [0.4, 0.5) is 0 Å². The zero-order chi connectivity index (χ0) is 16.7. The average molecular weight is 312 g/mol. The number of aromatic carboxylic acids is 1. The van der Waals surface area contributed by atoms with Crippen molar-refractivity contribution in [1.29, 1.82) is 0 Å². The molecule has 0 saturated heterocycles. The lowest BCUT2D eigenvalue weighted by Crippen LogP contribution is -2.24. The highest BCUT2D eigenvalue weighted by molar-refractivity contribution is 5.90. The maximum Gasteiger partial charge on any atom is 0.335 e. The van der Waals surface area contributed by atoms with E-state index in [1.807, 2.05) is 39.0 Å². The number of rotatable bonds is 2. The number of benzene rings is 2. The van der Waals surface area contributed by atoms with Crippen LogP contribution in [0.25, 0.3) is 11.1 Å². The van der Waals surface area contributed by atoms with Crippen LogP contribution in [0.5, 0.6) is 5.75 Å². The molecule has 2 aromatic rings. The van der Waals surface area contributed by atoms with Gasteiger partial charge in [-0.15, -0.1) is 0 Å². The van der Waals surface area contributed by atoms with Gasteiger partial charge < -0.3 is 14.9 Å². The number of hydrogen-bond donors (Lipinski definition) is 2. The SMILES string of the molecule is Cc1cc(C(=O)O)cc(-c2ccc3c(c2C)C(O)[C@@H](C)CO3)c1. The van der Waals surface area contributed by atoms with Crippen LogP contribution >= 0.6 is 0 Å². The van der Waals surface area contributed by atoms with Gasteiger partial charge in [0, 0.05) is 11.5 Å². The third kappa shape index (κ3) is 2.70. The van der Waals surface area contributed by atoms with Gasteiger partial charge in [-0.1, -0.05) is 19.1 Å². The predicted octanol–water partition coefficient (Wildman–Crippen LogP) is 3.73. The van der Waals surface area contributed by atoms with E-state index in [-0.39, 0.29) is 11.5 Å². The molecule has 2 N–H and O–H groups in total. The number of aryl methyl sites for hydroxylation is 1. The maximum absolute atomic E-state index is 11.3. The van der Waals surface area contributed by atoms with Crippen molar-refractivity contribution in [3.63, 3.8) is 0 Å². The molecule has 0 amide bonds. The van der Waals surface area contributed by atoms with Crippen LogP contribution in [0.2, 0.25) is 0 Å². The molecule has 0 aliphatic carbocycles. The van der Waals surface area contributed by atoms with E-state index in [2.05, 4.69) is 0 Å². The van der Waals surface area contributed by atoms with E-state index in [1.54, 1.807) is 12.1 Å². The molecule has 1 aliphatic heterocycles. The average Bonchev–Trinajstić information content (AvgIpc) is 2.50. The molecule has 0 bridgehead atoms. The summed E-state index contributed by atoms with van der Waals surface area (Å²) in [5.41, 5.74) is 4.66. The third-order valence-corrected chi connectivity index (χ3v) is 4.45. The van der Waals surface area contributed by atoms with Gasteiger partial charge in [0.05, 0.1) is 18.3 Å². The normalized spacial score (nSPS) is 19.8. The Morgan fingerprint density at radius 2 is 1.96 bits per heavy atom. The van der Waals surface area contributed by atoms with E-state index in [0.717, 1.165) is 27.8 Å². The first kappa shape index (κ1) is 15.6. The maximum atomic E-state index is 11.3. The van der Waals surface area contributed by atoms with E-state index in [4.69, 9.17) is 4.74 Å². The highest BCUT2D eigenvalue weighted by Gasteiger charge is 2.28. The standard InChI is InChI=1S/C19H20O4/c1-10-6-13(8-14(7-10)19(21)22)15-4-5-16-17(12(15)3)18(20)11(2)9-23-16/h4-8,11,18,20H,9H2,1-3H3,(H,21,22)/t11-,18?/m0/s1. The lowest BCUT2D eigenvalue weighted by atomic mass is 9.87. The Hall–Kier alpha value is -2.33. The lowest BCUT2D eigenvalue weighted by Gasteiger charge is -2.30. The van der Waals surface area contributed by atoms with Crippen LogP contribution in [-0.2, 0) is 0 Å². The second kappa shape index (κ2) is 5.70. The fourth-order valence-corrected chi connectivity index (χ4v) is 3.17. The van der Waals surface area contributed by atoms with Gasteiger partial charge in [-0.25, -0.2) is 4.79 Å². The molecule has 0 radical (unpaired) electrons. The molecule has 120 valence electrons. The van der Waals surface area contributed by atoms with Crippen LogP contribution < -0.4 is 4.74 Å². The van der Waals surface area contributed by atoms with E-state index in [1.165, 1.54) is 0 Å². The minimum absolute atomic E-state index is 0.0311. The summed E-state index contributed by atoms with van der Waals surface area (Å²) in [5, 5.41) is 19.8.